The molecule has 122 valence electrons. The second-order valence-corrected chi connectivity index (χ2v) is 6.35. The van der Waals surface area contributed by atoms with Gasteiger partial charge in [0.15, 0.2) is 0 Å². The van der Waals surface area contributed by atoms with Crippen molar-refractivity contribution in [2.45, 2.75) is 25.2 Å². The number of aliphatic imine (C=N–C) groups is 1. The molecule has 4 rings (SSSR count). The first-order chi connectivity index (χ1) is 11.6. The molecule has 4 heteroatoms. The number of nitrogens with zero attached hydrogens (tertiary/aromatic N) is 1. The zero-order valence-electron chi connectivity index (χ0n) is 13.6. The van der Waals surface area contributed by atoms with Crippen LogP contribution in [0.15, 0.2) is 53.5 Å². The lowest BCUT2D eigenvalue weighted by molar-refractivity contribution is -0.145. The SMILES string of the molecule is CCOC(=O)C1C(c2ccccc2)C12C(C)=Nc1ccc(F)cc12. The molecular weight excluding hydrogens is 305 g/mol. The zero-order valence-corrected chi connectivity index (χ0v) is 13.6. The van der Waals surface area contributed by atoms with Gasteiger partial charge in [-0.05, 0) is 43.2 Å². The van der Waals surface area contributed by atoms with Crippen LogP contribution >= 0.6 is 0 Å². The minimum absolute atomic E-state index is 0.0652. The van der Waals surface area contributed by atoms with Gasteiger partial charge < -0.3 is 4.74 Å². The maximum Gasteiger partial charge on any atom is 0.310 e. The van der Waals surface area contributed by atoms with Gasteiger partial charge in [-0.15, -0.1) is 0 Å². The highest BCUT2D eigenvalue weighted by atomic mass is 19.1. The van der Waals surface area contributed by atoms with Crippen LogP contribution in [0, 0.1) is 11.7 Å². The van der Waals surface area contributed by atoms with E-state index in [2.05, 4.69) is 4.99 Å². The minimum Gasteiger partial charge on any atom is -0.466 e. The molecule has 1 aliphatic heterocycles. The molecule has 3 unspecified atom stereocenters. The summed E-state index contributed by atoms with van der Waals surface area (Å²) in [5, 5.41) is 0. The molecule has 2 aromatic carbocycles. The Morgan fingerprint density at radius 2 is 2.00 bits per heavy atom. The van der Waals surface area contributed by atoms with E-state index in [0.717, 1.165) is 22.5 Å². The number of rotatable bonds is 3. The van der Waals surface area contributed by atoms with E-state index in [9.17, 15) is 9.18 Å². The highest BCUT2D eigenvalue weighted by Crippen LogP contribution is 2.70. The molecular formula is C20H18FNO2. The Labute approximate surface area is 140 Å². The zero-order chi connectivity index (χ0) is 16.9. The van der Waals surface area contributed by atoms with Crippen LogP contribution in [-0.2, 0) is 14.9 Å². The normalized spacial score (nSPS) is 26.9. The standard InChI is InChI=1S/C20H18FNO2/c1-3-24-19(23)18-17(13-7-5-4-6-8-13)20(18)12(2)22-16-10-9-14(21)11-15(16)20/h4-11,17-18H,3H2,1-2H3. The van der Waals surface area contributed by atoms with Crippen LogP contribution < -0.4 is 0 Å². The third-order valence-corrected chi connectivity index (χ3v) is 5.20. The van der Waals surface area contributed by atoms with Crippen molar-refractivity contribution in [1.82, 2.24) is 0 Å². The summed E-state index contributed by atoms with van der Waals surface area (Å²) >= 11 is 0. The lowest BCUT2D eigenvalue weighted by Gasteiger charge is -2.13. The number of carbonyl (C=O) groups excluding carboxylic acids is 1. The summed E-state index contributed by atoms with van der Waals surface area (Å²) in [7, 11) is 0. The lowest BCUT2D eigenvalue weighted by Crippen LogP contribution is -2.22. The molecule has 0 bridgehead atoms. The first kappa shape index (κ1) is 15.1. The number of fused-ring (bicyclic) bond motifs is 2. The van der Waals surface area contributed by atoms with Crippen molar-refractivity contribution in [2.75, 3.05) is 6.61 Å². The van der Waals surface area contributed by atoms with E-state index in [1.807, 2.05) is 37.3 Å². The predicted octanol–water partition coefficient (Wildman–Crippen LogP) is 4.15. The second-order valence-electron chi connectivity index (χ2n) is 6.35. The average Bonchev–Trinajstić information content (AvgIpc) is 3.21. The fraction of sp³-hybridized carbons (Fsp3) is 0.300. The molecule has 0 amide bonds. The Hall–Kier alpha value is -2.49. The first-order valence-electron chi connectivity index (χ1n) is 8.18. The molecule has 3 atom stereocenters. The van der Waals surface area contributed by atoms with Crippen molar-refractivity contribution in [3.8, 4) is 0 Å². The Morgan fingerprint density at radius 1 is 1.25 bits per heavy atom. The third-order valence-electron chi connectivity index (χ3n) is 5.20. The van der Waals surface area contributed by atoms with Gasteiger partial charge in [-0.25, -0.2) is 4.39 Å². The van der Waals surface area contributed by atoms with Gasteiger partial charge in [-0.2, -0.15) is 0 Å². The molecule has 0 aromatic heterocycles. The minimum atomic E-state index is -0.578. The highest BCUT2D eigenvalue weighted by molar-refractivity contribution is 6.09. The maximum atomic E-state index is 13.9. The van der Waals surface area contributed by atoms with Gasteiger partial charge in [0.25, 0.3) is 0 Å². The molecule has 1 heterocycles. The Kier molecular flexibility index (Phi) is 3.30. The molecule has 1 fully saturated rings. The van der Waals surface area contributed by atoms with E-state index >= 15 is 0 Å². The van der Waals surface area contributed by atoms with E-state index in [0.29, 0.717) is 6.61 Å². The van der Waals surface area contributed by atoms with Crippen molar-refractivity contribution >= 4 is 17.4 Å². The summed E-state index contributed by atoms with van der Waals surface area (Å²) in [5.41, 5.74) is 2.89. The van der Waals surface area contributed by atoms with Crippen molar-refractivity contribution in [2.24, 2.45) is 10.9 Å². The summed E-state index contributed by atoms with van der Waals surface area (Å²) in [6.07, 6.45) is 0. The van der Waals surface area contributed by atoms with Crippen molar-refractivity contribution in [1.29, 1.82) is 0 Å². The molecule has 0 radical (unpaired) electrons. The van der Waals surface area contributed by atoms with Crippen LogP contribution in [0.5, 0.6) is 0 Å². The molecule has 1 saturated carbocycles. The van der Waals surface area contributed by atoms with E-state index in [1.165, 1.54) is 12.1 Å². The number of halogens is 1. The first-order valence-corrected chi connectivity index (χ1v) is 8.18. The highest BCUT2D eigenvalue weighted by Gasteiger charge is 2.73. The monoisotopic (exact) mass is 323 g/mol. The van der Waals surface area contributed by atoms with Crippen molar-refractivity contribution < 1.29 is 13.9 Å². The van der Waals surface area contributed by atoms with Gasteiger partial charge >= 0.3 is 5.97 Å². The molecule has 2 aromatic rings. The van der Waals surface area contributed by atoms with Gasteiger partial charge in [0.1, 0.15) is 5.82 Å². The van der Waals surface area contributed by atoms with Gasteiger partial charge in [0, 0.05) is 11.6 Å². The van der Waals surface area contributed by atoms with Gasteiger partial charge in [-0.3, -0.25) is 9.79 Å². The average molecular weight is 323 g/mol. The van der Waals surface area contributed by atoms with Gasteiger partial charge in [0.05, 0.1) is 23.6 Å². The van der Waals surface area contributed by atoms with Crippen LogP contribution in [0.2, 0.25) is 0 Å². The van der Waals surface area contributed by atoms with Crippen LogP contribution in [0.4, 0.5) is 10.1 Å². The Balaban J connectivity index is 1.88. The van der Waals surface area contributed by atoms with Crippen LogP contribution in [0.25, 0.3) is 0 Å². The number of carbonyl (C=O) groups is 1. The second kappa shape index (κ2) is 5.26. The molecule has 2 aliphatic rings. The molecule has 0 saturated heterocycles. The van der Waals surface area contributed by atoms with E-state index in [4.69, 9.17) is 4.74 Å². The lowest BCUT2D eigenvalue weighted by atomic mass is 9.87. The number of hydrogen-bond acceptors (Lipinski definition) is 3. The summed E-state index contributed by atoms with van der Waals surface area (Å²) in [5.74, 6) is -0.964. The van der Waals surface area contributed by atoms with Crippen LogP contribution in [-0.4, -0.2) is 18.3 Å². The smallest absolute Gasteiger partial charge is 0.310 e. The largest absolute Gasteiger partial charge is 0.466 e. The molecule has 0 N–H and O–H groups in total. The fourth-order valence-corrected chi connectivity index (χ4v) is 4.25. The van der Waals surface area contributed by atoms with Gasteiger partial charge in [-0.1, -0.05) is 30.3 Å². The topological polar surface area (TPSA) is 38.7 Å². The number of hydrogen-bond donors (Lipinski definition) is 0. The number of esters is 1. The number of ether oxygens (including phenoxy) is 1. The molecule has 24 heavy (non-hydrogen) atoms. The summed E-state index contributed by atoms with van der Waals surface area (Å²) in [4.78, 5) is 17.2. The van der Waals surface area contributed by atoms with E-state index < -0.39 is 5.41 Å². The molecule has 3 nitrogen and oxygen atoms in total. The summed E-state index contributed by atoms with van der Waals surface area (Å²) in [6.45, 7) is 4.06. The van der Waals surface area contributed by atoms with Crippen molar-refractivity contribution in [3.63, 3.8) is 0 Å². The third kappa shape index (κ3) is 1.89. The van der Waals surface area contributed by atoms with E-state index in [1.54, 1.807) is 13.0 Å². The summed E-state index contributed by atoms with van der Waals surface area (Å²) < 4.78 is 19.2. The van der Waals surface area contributed by atoms with Crippen molar-refractivity contribution in [3.05, 3.63) is 65.5 Å². The fourth-order valence-electron chi connectivity index (χ4n) is 4.25. The maximum absolute atomic E-state index is 13.9. The van der Waals surface area contributed by atoms with Crippen LogP contribution in [0.3, 0.4) is 0 Å². The Bertz CT molecular complexity index is 846. The number of benzene rings is 2. The molecule has 1 aliphatic carbocycles. The molecule has 1 spiro atoms. The van der Waals surface area contributed by atoms with Gasteiger partial charge in [0.2, 0.25) is 0 Å². The summed E-state index contributed by atoms with van der Waals surface area (Å²) in [6, 6.07) is 14.5. The Morgan fingerprint density at radius 3 is 2.71 bits per heavy atom. The predicted molar refractivity (Wildman–Crippen MR) is 90.2 cm³/mol. The van der Waals surface area contributed by atoms with Crippen LogP contribution in [0.1, 0.15) is 30.9 Å². The quantitative estimate of drug-likeness (QED) is 0.796. The van der Waals surface area contributed by atoms with E-state index in [-0.39, 0.29) is 23.6 Å².